The van der Waals surface area contributed by atoms with Crippen molar-refractivity contribution in [3.8, 4) is 0 Å². The summed E-state index contributed by atoms with van der Waals surface area (Å²) in [5.41, 5.74) is 1.62. The summed E-state index contributed by atoms with van der Waals surface area (Å²) in [5.74, 6) is -0.669. The monoisotopic (exact) mass is 374 g/mol. The SMILES string of the molecule is C[C@@H]1CCCN(C(=O)COC(=O)CNC(=O)c2ccc(C(C)(C)C)cc2)C1. The number of benzene rings is 1. The molecule has 1 saturated heterocycles. The minimum Gasteiger partial charge on any atom is -0.454 e. The molecule has 1 aliphatic heterocycles. The third-order valence-electron chi connectivity index (χ3n) is 4.77. The first-order valence-corrected chi connectivity index (χ1v) is 9.49. The van der Waals surface area contributed by atoms with Gasteiger partial charge < -0.3 is 15.0 Å². The number of hydrogen-bond donors (Lipinski definition) is 1. The summed E-state index contributed by atoms with van der Waals surface area (Å²) in [6.45, 7) is 9.29. The zero-order valence-electron chi connectivity index (χ0n) is 16.7. The Bertz CT molecular complexity index is 676. The zero-order chi connectivity index (χ0) is 20.0. The van der Waals surface area contributed by atoms with Crippen molar-refractivity contribution in [1.29, 1.82) is 0 Å². The molecule has 1 fully saturated rings. The van der Waals surface area contributed by atoms with Gasteiger partial charge in [-0.2, -0.15) is 0 Å². The van der Waals surface area contributed by atoms with Crippen LogP contribution in [-0.4, -0.2) is 48.9 Å². The lowest BCUT2D eigenvalue weighted by atomic mass is 9.87. The van der Waals surface area contributed by atoms with E-state index in [-0.39, 0.29) is 30.4 Å². The van der Waals surface area contributed by atoms with E-state index in [2.05, 4.69) is 33.0 Å². The molecule has 6 nitrogen and oxygen atoms in total. The molecule has 148 valence electrons. The molecular weight excluding hydrogens is 344 g/mol. The van der Waals surface area contributed by atoms with Gasteiger partial charge in [-0.05, 0) is 41.9 Å². The fourth-order valence-corrected chi connectivity index (χ4v) is 3.08. The maximum Gasteiger partial charge on any atom is 0.325 e. The van der Waals surface area contributed by atoms with Gasteiger partial charge in [-0.3, -0.25) is 14.4 Å². The second-order valence-corrected chi connectivity index (χ2v) is 8.26. The standard InChI is InChI=1S/C21H30N2O4/c1-15-6-5-11-23(13-15)18(24)14-27-19(25)12-22-20(26)16-7-9-17(10-8-16)21(2,3)4/h7-10,15H,5-6,11-14H2,1-4H3,(H,22,26)/t15-/m1/s1. The molecule has 1 aliphatic rings. The molecular formula is C21H30N2O4. The van der Waals surface area contributed by atoms with Crippen LogP contribution in [0.3, 0.4) is 0 Å². The van der Waals surface area contributed by atoms with E-state index in [1.54, 1.807) is 17.0 Å². The number of carbonyl (C=O) groups excluding carboxylic acids is 3. The second kappa shape index (κ2) is 9.02. The highest BCUT2D eigenvalue weighted by Gasteiger charge is 2.22. The van der Waals surface area contributed by atoms with Crippen LogP contribution in [0, 0.1) is 5.92 Å². The number of nitrogens with zero attached hydrogens (tertiary/aromatic N) is 1. The van der Waals surface area contributed by atoms with Crippen molar-refractivity contribution < 1.29 is 19.1 Å². The molecule has 1 atom stereocenters. The third kappa shape index (κ3) is 6.38. The van der Waals surface area contributed by atoms with Gasteiger partial charge in [0, 0.05) is 18.7 Å². The summed E-state index contributed by atoms with van der Waals surface area (Å²) >= 11 is 0. The predicted molar refractivity (Wildman–Crippen MR) is 103 cm³/mol. The molecule has 0 aromatic heterocycles. The van der Waals surface area contributed by atoms with Crippen LogP contribution in [0.25, 0.3) is 0 Å². The summed E-state index contributed by atoms with van der Waals surface area (Å²) in [6.07, 6.45) is 2.09. The molecule has 1 aromatic rings. The zero-order valence-corrected chi connectivity index (χ0v) is 16.7. The van der Waals surface area contributed by atoms with Crippen LogP contribution >= 0.6 is 0 Å². The molecule has 0 spiro atoms. The van der Waals surface area contributed by atoms with Crippen LogP contribution in [0.5, 0.6) is 0 Å². The van der Waals surface area contributed by atoms with E-state index < -0.39 is 5.97 Å². The van der Waals surface area contributed by atoms with Crippen molar-refractivity contribution in [3.63, 3.8) is 0 Å². The molecule has 1 N–H and O–H groups in total. The highest BCUT2D eigenvalue weighted by Crippen LogP contribution is 2.22. The fourth-order valence-electron chi connectivity index (χ4n) is 3.08. The van der Waals surface area contributed by atoms with Crippen LogP contribution in [0.2, 0.25) is 0 Å². The maximum atomic E-state index is 12.1. The van der Waals surface area contributed by atoms with Gasteiger partial charge in [-0.15, -0.1) is 0 Å². The van der Waals surface area contributed by atoms with Gasteiger partial charge >= 0.3 is 5.97 Å². The van der Waals surface area contributed by atoms with E-state index in [0.717, 1.165) is 18.4 Å². The van der Waals surface area contributed by atoms with Gasteiger partial charge in [-0.25, -0.2) is 0 Å². The van der Waals surface area contributed by atoms with E-state index in [0.29, 0.717) is 24.6 Å². The van der Waals surface area contributed by atoms with Crippen molar-refractivity contribution in [2.45, 2.75) is 46.0 Å². The molecule has 6 heteroatoms. The van der Waals surface area contributed by atoms with Gasteiger partial charge in [0.25, 0.3) is 11.8 Å². The molecule has 1 aromatic carbocycles. The van der Waals surface area contributed by atoms with Crippen LogP contribution in [-0.2, 0) is 19.7 Å². The molecule has 0 saturated carbocycles. The number of hydrogen-bond acceptors (Lipinski definition) is 4. The first-order chi connectivity index (χ1) is 12.7. The van der Waals surface area contributed by atoms with Gasteiger partial charge in [-0.1, -0.05) is 39.8 Å². The fraction of sp³-hybridized carbons (Fsp3) is 0.571. The van der Waals surface area contributed by atoms with E-state index in [4.69, 9.17) is 4.74 Å². The highest BCUT2D eigenvalue weighted by molar-refractivity contribution is 5.96. The van der Waals surface area contributed by atoms with E-state index in [1.807, 2.05) is 12.1 Å². The lowest BCUT2D eigenvalue weighted by Crippen LogP contribution is -2.42. The van der Waals surface area contributed by atoms with Crippen LogP contribution in [0.1, 0.15) is 56.5 Å². The second-order valence-electron chi connectivity index (χ2n) is 8.26. The Balaban J connectivity index is 1.74. The topological polar surface area (TPSA) is 75.7 Å². The van der Waals surface area contributed by atoms with Gasteiger partial charge in [0.2, 0.25) is 0 Å². The maximum absolute atomic E-state index is 12.1. The average molecular weight is 374 g/mol. The van der Waals surface area contributed by atoms with Crippen LogP contribution < -0.4 is 5.32 Å². The van der Waals surface area contributed by atoms with Crippen LogP contribution in [0.4, 0.5) is 0 Å². The molecule has 0 bridgehead atoms. The molecule has 27 heavy (non-hydrogen) atoms. The Hall–Kier alpha value is -2.37. The van der Waals surface area contributed by atoms with E-state index in [1.165, 1.54) is 0 Å². The Kier molecular flexibility index (Phi) is 6.99. The van der Waals surface area contributed by atoms with Gasteiger partial charge in [0.15, 0.2) is 6.61 Å². The molecule has 1 heterocycles. The summed E-state index contributed by atoms with van der Waals surface area (Å²) < 4.78 is 5.00. The smallest absolute Gasteiger partial charge is 0.325 e. The lowest BCUT2D eigenvalue weighted by Gasteiger charge is -2.30. The third-order valence-corrected chi connectivity index (χ3v) is 4.77. The molecule has 0 aliphatic carbocycles. The predicted octanol–water partition coefficient (Wildman–Crippen LogP) is 2.52. The Morgan fingerprint density at radius 3 is 2.44 bits per heavy atom. The Morgan fingerprint density at radius 2 is 1.85 bits per heavy atom. The summed E-state index contributed by atoms with van der Waals surface area (Å²) in [7, 11) is 0. The van der Waals surface area contributed by atoms with Crippen molar-refractivity contribution in [1.82, 2.24) is 10.2 Å². The van der Waals surface area contributed by atoms with Crippen LogP contribution in [0.15, 0.2) is 24.3 Å². The van der Waals surface area contributed by atoms with E-state index >= 15 is 0 Å². The van der Waals surface area contributed by atoms with Gasteiger partial charge in [0.1, 0.15) is 6.54 Å². The summed E-state index contributed by atoms with van der Waals surface area (Å²) in [6, 6.07) is 7.29. The minimum atomic E-state index is -0.618. The minimum absolute atomic E-state index is 0.0114. The number of esters is 1. The number of piperidine rings is 1. The van der Waals surface area contributed by atoms with Crippen molar-refractivity contribution in [3.05, 3.63) is 35.4 Å². The molecule has 2 rings (SSSR count). The Morgan fingerprint density at radius 1 is 1.19 bits per heavy atom. The lowest BCUT2D eigenvalue weighted by molar-refractivity contribution is -0.151. The highest BCUT2D eigenvalue weighted by atomic mass is 16.5. The number of nitrogens with one attached hydrogen (secondary N) is 1. The average Bonchev–Trinajstić information content (AvgIpc) is 2.63. The largest absolute Gasteiger partial charge is 0.454 e. The first kappa shape index (κ1) is 20.9. The van der Waals surface area contributed by atoms with Gasteiger partial charge in [0.05, 0.1) is 0 Å². The number of likely N-dealkylation sites (tertiary alicyclic amines) is 1. The van der Waals surface area contributed by atoms with E-state index in [9.17, 15) is 14.4 Å². The normalized spacial score (nSPS) is 17.3. The molecule has 0 radical (unpaired) electrons. The number of carbonyl (C=O) groups is 3. The number of rotatable bonds is 5. The van der Waals surface area contributed by atoms with Crippen molar-refractivity contribution in [2.75, 3.05) is 26.2 Å². The molecule has 2 amide bonds. The number of amides is 2. The first-order valence-electron chi connectivity index (χ1n) is 9.49. The quantitative estimate of drug-likeness (QED) is 0.804. The van der Waals surface area contributed by atoms with Crippen molar-refractivity contribution >= 4 is 17.8 Å². The summed E-state index contributed by atoms with van der Waals surface area (Å²) in [5, 5.41) is 2.53. The summed E-state index contributed by atoms with van der Waals surface area (Å²) in [4.78, 5) is 37.8. The molecule has 0 unspecified atom stereocenters. The number of ether oxygens (including phenoxy) is 1. The Labute approximate surface area is 161 Å². The van der Waals surface area contributed by atoms with Crippen molar-refractivity contribution in [2.24, 2.45) is 5.92 Å².